The molecule has 1 aromatic carbocycles. The van der Waals surface area contributed by atoms with Crippen LogP contribution in [0.3, 0.4) is 0 Å². The van der Waals surface area contributed by atoms with Crippen LogP contribution in [0.15, 0.2) is 36.7 Å². The topological polar surface area (TPSA) is 185 Å². The summed E-state index contributed by atoms with van der Waals surface area (Å²) >= 11 is 0. The van der Waals surface area contributed by atoms with Crippen LogP contribution in [0.1, 0.15) is 27.0 Å². The van der Waals surface area contributed by atoms with Crippen LogP contribution in [-0.4, -0.2) is 74.8 Å². The number of nitrogens with two attached hydrogens (primary N) is 1. The number of fused-ring (bicyclic) bond motifs is 1. The normalized spacial score (nSPS) is 23.5. The number of alkyl halides is 1. The lowest BCUT2D eigenvalue weighted by molar-refractivity contribution is -0.149. The maximum atomic E-state index is 15.3. The molecule has 0 bridgehead atoms. The number of aliphatic hydroxyl groups excluding tert-OH is 1. The van der Waals surface area contributed by atoms with Crippen molar-refractivity contribution in [2.24, 2.45) is 0 Å². The number of aliphatic hydroxyl groups is 1. The Morgan fingerprint density at radius 3 is 2.67 bits per heavy atom. The Morgan fingerprint density at radius 1 is 1.28 bits per heavy atom. The number of benzene rings is 1. The van der Waals surface area contributed by atoms with Gasteiger partial charge in [0.15, 0.2) is 29.4 Å². The lowest BCUT2D eigenvalue weighted by atomic mass is 10.1. The van der Waals surface area contributed by atoms with E-state index in [1.165, 1.54) is 17.8 Å². The number of hydrogen-bond donors (Lipinski definition) is 4. The highest BCUT2D eigenvalue weighted by Gasteiger charge is 2.47. The minimum absolute atomic E-state index is 0.0716. The number of para-hydroxylation sites is 1. The SMILES string of the molecule is CNc1nc(N)nc2c1ncn2[C@@H]1O[C@H](CO[P@@](=O)(N[C@H](C)C(=O)OC(C)C)Oc2ccccc2)[C@@H](O)[C@@H]1F. The van der Waals surface area contributed by atoms with Gasteiger partial charge in [-0.2, -0.15) is 15.1 Å². The Hall–Kier alpha value is -3.36. The third-order valence-electron chi connectivity index (χ3n) is 5.68. The molecule has 39 heavy (non-hydrogen) atoms. The van der Waals surface area contributed by atoms with Gasteiger partial charge in [0.25, 0.3) is 0 Å². The standard InChI is InChI=1S/C23H31FN7O7P/c1-12(2)36-22(33)13(3)30-39(34,38-14-8-6-5-7-9-14)35-10-15-18(32)16(24)21(37-15)31-11-27-17-19(26-4)28-23(25)29-20(17)31/h5-9,11-13,15-16,18,21,32H,10H2,1-4H3,(H,30,34)(H3,25,26,28,29)/t13-,15-,16+,18-,21-,39+/m1/s1. The zero-order valence-corrected chi connectivity index (χ0v) is 22.6. The molecule has 0 amide bonds. The molecule has 1 saturated heterocycles. The predicted molar refractivity (Wildman–Crippen MR) is 139 cm³/mol. The molecule has 3 aromatic rings. The number of imidazole rings is 1. The minimum Gasteiger partial charge on any atom is -0.462 e. The van der Waals surface area contributed by atoms with Gasteiger partial charge in [-0.1, -0.05) is 18.2 Å². The Morgan fingerprint density at radius 2 is 2.00 bits per heavy atom. The summed E-state index contributed by atoms with van der Waals surface area (Å²) < 4.78 is 52.3. The van der Waals surface area contributed by atoms with Crippen molar-refractivity contribution in [1.29, 1.82) is 0 Å². The summed E-state index contributed by atoms with van der Waals surface area (Å²) in [5.74, 6) is -0.229. The number of anilines is 2. The first kappa shape index (κ1) is 28.6. The van der Waals surface area contributed by atoms with Crippen molar-refractivity contribution in [2.45, 2.75) is 57.5 Å². The lowest BCUT2D eigenvalue weighted by Crippen LogP contribution is -2.37. The van der Waals surface area contributed by atoms with Gasteiger partial charge in [-0.15, -0.1) is 0 Å². The van der Waals surface area contributed by atoms with Crippen molar-refractivity contribution in [1.82, 2.24) is 24.6 Å². The maximum Gasteiger partial charge on any atom is 0.459 e. The third-order valence-corrected chi connectivity index (χ3v) is 7.32. The Kier molecular flexibility index (Phi) is 8.67. The van der Waals surface area contributed by atoms with Crippen molar-refractivity contribution >= 4 is 36.6 Å². The molecule has 1 aliphatic rings. The minimum atomic E-state index is -4.26. The predicted octanol–water partition coefficient (Wildman–Crippen LogP) is 2.18. The number of rotatable bonds is 11. The van der Waals surface area contributed by atoms with E-state index in [0.717, 1.165) is 0 Å². The molecule has 1 aliphatic heterocycles. The van der Waals surface area contributed by atoms with Crippen LogP contribution in [0.25, 0.3) is 11.2 Å². The molecular weight excluding hydrogens is 536 g/mol. The average Bonchev–Trinajstić information content (AvgIpc) is 3.42. The van der Waals surface area contributed by atoms with Crippen LogP contribution < -0.4 is 20.7 Å². The van der Waals surface area contributed by atoms with Crippen molar-refractivity contribution in [3.8, 4) is 5.75 Å². The van der Waals surface area contributed by atoms with Gasteiger partial charge in [0.05, 0.1) is 19.0 Å². The number of hydrogen-bond acceptors (Lipinski definition) is 12. The molecular formula is C23H31FN7O7P. The fraction of sp³-hybridized carbons (Fsp3) is 0.478. The second-order valence-electron chi connectivity index (χ2n) is 9.04. The molecule has 0 radical (unpaired) electrons. The largest absolute Gasteiger partial charge is 0.462 e. The Balaban J connectivity index is 1.52. The number of nitrogens with zero attached hydrogens (tertiary/aromatic N) is 4. The van der Waals surface area contributed by atoms with Crippen molar-refractivity contribution < 1.29 is 37.4 Å². The van der Waals surface area contributed by atoms with Crippen molar-refractivity contribution in [3.63, 3.8) is 0 Å². The van der Waals surface area contributed by atoms with E-state index in [1.54, 1.807) is 51.2 Å². The molecule has 0 saturated carbocycles. The van der Waals surface area contributed by atoms with E-state index in [9.17, 15) is 14.5 Å². The molecule has 3 heterocycles. The molecule has 1 fully saturated rings. The Labute approximate surface area is 223 Å². The number of ether oxygens (including phenoxy) is 2. The van der Waals surface area contributed by atoms with Crippen LogP contribution in [0.2, 0.25) is 0 Å². The van der Waals surface area contributed by atoms with Gasteiger partial charge < -0.3 is 30.2 Å². The maximum absolute atomic E-state index is 15.3. The highest BCUT2D eigenvalue weighted by molar-refractivity contribution is 7.52. The van der Waals surface area contributed by atoms with Crippen molar-refractivity contribution in [3.05, 3.63) is 36.7 Å². The van der Waals surface area contributed by atoms with Gasteiger partial charge in [0, 0.05) is 7.05 Å². The Bertz CT molecular complexity index is 1350. The monoisotopic (exact) mass is 567 g/mol. The zero-order valence-electron chi connectivity index (χ0n) is 21.7. The molecule has 4 rings (SSSR count). The van der Waals surface area contributed by atoms with E-state index in [1.807, 2.05) is 0 Å². The number of esters is 1. The van der Waals surface area contributed by atoms with E-state index >= 15 is 4.39 Å². The van der Waals surface area contributed by atoms with Crippen LogP contribution >= 0.6 is 7.75 Å². The molecule has 0 unspecified atom stereocenters. The van der Waals surface area contributed by atoms with E-state index in [-0.39, 0.29) is 17.3 Å². The highest BCUT2D eigenvalue weighted by Crippen LogP contribution is 2.46. The molecule has 0 spiro atoms. The van der Waals surface area contributed by atoms with Crippen LogP contribution in [-0.2, 0) is 23.4 Å². The van der Waals surface area contributed by atoms with Crippen LogP contribution in [0, 0.1) is 0 Å². The van der Waals surface area contributed by atoms with E-state index in [2.05, 4.69) is 25.4 Å². The van der Waals surface area contributed by atoms with E-state index < -0.39 is 57.1 Å². The number of carbonyl (C=O) groups excluding carboxylic acids is 1. The summed E-state index contributed by atoms with van der Waals surface area (Å²) in [5, 5.41) is 16.0. The molecule has 2 aromatic heterocycles. The molecule has 212 valence electrons. The zero-order chi connectivity index (χ0) is 28.3. The third kappa shape index (κ3) is 6.45. The number of carbonyl (C=O) groups is 1. The molecule has 16 heteroatoms. The molecule has 0 aliphatic carbocycles. The number of nitrogen functional groups attached to an aromatic ring is 1. The lowest BCUT2D eigenvalue weighted by Gasteiger charge is -2.25. The molecule has 5 N–H and O–H groups in total. The summed E-state index contributed by atoms with van der Waals surface area (Å²) in [5.41, 5.74) is 6.28. The van der Waals surface area contributed by atoms with Crippen LogP contribution in [0.4, 0.5) is 16.2 Å². The highest BCUT2D eigenvalue weighted by atomic mass is 31.2. The van der Waals surface area contributed by atoms with Gasteiger partial charge >= 0.3 is 13.7 Å². The molecule has 14 nitrogen and oxygen atoms in total. The number of halogens is 1. The van der Waals surface area contributed by atoms with E-state index in [4.69, 9.17) is 24.3 Å². The number of nitrogens with one attached hydrogen (secondary N) is 2. The van der Waals surface area contributed by atoms with Gasteiger partial charge in [-0.05, 0) is 32.9 Å². The second kappa shape index (κ2) is 11.8. The van der Waals surface area contributed by atoms with Crippen LogP contribution in [0.5, 0.6) is 5.75 Å². The van der Waals surface area contributed by atoms with Gasteiger partial charge in [-0.3, -0.25) is 13.9 Å². The fourth-order valence-corrected chi connectivity index (χ4v) is 5.37. The van der Waals surface area contributed by atoms with Gasteiger partial charge in [-0.25, -0.2) is 13.9 Å². The first-order valence-corrected chi connectivity index (χ1v) is 13.7. The van der Waals surface area contributed by atoms with E-state index in [0.29, 0.717) is 11.3 Å². The summed E-state index contributed by atoms with van der Waals surface area (Å²) in [7, 11) is -2.64. The first-order chi connectivity index (χ1) is 18.5. The summed E-state index contributed by atoms with van der Waals surface area (Å²) in [6, 6.07) is 7.05. The summed E-state index contributed by atoms with van der Waals surface area (Å²) in [6.45, 7) is 4.23. The van der Waals surface area contributed by atoms with Gasteiger partial charge in [0.1, 0.15) is 24.0 Å². The summed E-state index contributed by atoms with van der Waals surface area (Å²) in [4.78, 5) is 24.7. The first-order valence-electron chi connectivity index (χ1n) is 12.1. The van der Waals surface area contributed by atoms with Gasteiger partial charge in [0.2, 0.25) is 5.95 Å². The van der Waals surface area contributed by atoms with Crippen molar-refractivity contribution in [2.75, 3.05) is 24.7 Å². The smallest absolute Gasteiger partial charge is 0.459 e. The molecule has 6 atom stereocenters. The summed E-state index contributed by atoms with van der Waals surface area (Å²) in [6.07, 6.45) is -5.31. The second-order valence-corrected chi connectivity index (χ2v) is 10.7. The number of aromatic nitrogens is 4. The fourth-order valence-electron chi connectivity index (χ4n) is 3.87. The average molecular weight is 568 g/mol. The quantitative estimate of drug-likeness (QED) is 0.195.